The number of carbonyl (C=O) groups excluding carboxylic acids is 1. The first-order valence-corrected chi connectivity index (χ1v) is 7.65. The average molecular weight is 322 g/mol. The highest BCUT2D eigenvalue weighted by molar-refractivity contribution is 5.78. The molecule has 5 nitrogen and oxygen atoms in total. The van der Waals surface area contributed by atoms with Gasteiger partial charge in [-0.3, -0.25) is 4.79 Å². The second kappa shape index (κ2) is 7.46. The highest BCUT2D eigenvalue weighted by Crippen LogP contribution is 2.19. The third kappa shape index (κ3) is 4.01. The molecular formula is C19H18N2O3. The number of amides is 1. The minimum atomic E-state index is -0.106. The van der Waals surface area contributed by atoms with Gasteiger partial charge < -0.3 is 14.6 Å². The molecule has 0 bridgehead atoms. The van der Waals surface area contributed by atoms with Crippen molar-refractivity contribution in [3.05, 3.63) is 71.9 Å². The molecule has 0 aliphatic heterocycles. The molecule has 0 fully saturated rings. The summed E-state index contributed by atoms with van der Waals surface area (Å²) in [6, 6.07) is 19.1. The number of benzene rings is 2. The van der Waals surface area contributed by atoms with Crippen LogP contribution in [0.3, 0.4) is 0 Å². The Morgan fingerprint density at radius 2 is 1.96 bits per heavy atom. The predicted octanol–water partition coefficient (Wildman–Crippen LogP) is 3.21. The van der Waals surface area contributed by atoms with E-state index in [1.54, 1.807) is 13.2 Å². The van der Waals surface area contributed by atoms with Crippen LogP contribution in [0, 0.1) is 0 Å². The van der Waals surface area contributed by atoms with Crippen LogP contribution in [0.2, 0.25) is 0 Å². The molecule has 3 rings (SSSR count). The molecule has 0 saturated carbocycles. The van der Waals surface area contributed by atoms with E-state index < -0.39 is 0 Å². The van der Waals surface area contributed by atoms with E-state index in [2.05, 4.69) is 10.5 Å². The van der Waals surface area contributed by atoms with Gasteiger partial charge in [0.15, 0.2) is 5.76 Å². The molecule has 0 saturated heterocycles. The lowest BCUT2D eigenvalue weighted by molar-refractivity contribution is -0.120. The van der Waals surface area contributed by atoms with Gasteiger partial charge >= 0.3 is 0 Å². The summed E-state index contributed by atoms with van der Waals surface area (Å²) in [5.41, 5.74) is 2.53. The van der Waals surface area contributed by atoms with Crippen molar-refractivity contribution in [2.24, 2.45) is 0 Å². The minimum absolute atomic E-state index is 0.106. The number of rotatable bonds is 6. The van der Waals surface area contributed by atoms with Crippen LogP contribution >= 0.6 is 0 Å². The molecule has 1 amide bonds. The van der Waals surface area contributed by atoms with Gasteiger partial charge in [0.1, 0.15) is 5.75 Å². The standard InChI is InChI=1S/C19H18N2O3/c1-23-17-9-5-6-14(10-17)13-20-19(22)12-16-11-18(24-21-16)15-7-3-2-4-8-15/h2-11H,12-13H2,1H3,(H,20,22). The van der Waals surface area contributed by atoms with Gasteiger partial charge in [-0.2, -0.15) is 0 Å². The number of nitrogens with one attached hydrogen (secondary N) is 1. The Hall–Kier alpha value is -3.08. The van der Waals surface area contributed by atoms with Crippen molar-refractivity contribution in [3.8, 4) is 17.1 Å². The summed E-state index contributed by atoms with van der Waals surface area (Å²) >= 11 is 0. The van der Waals surface area contributed by atoms with Gasteiger partial charge in [-0.25, -0.2) is 0 Å². The van der Waals surface area contributed by atoms with E-state index in [1.165, 1.54) is 0 Å². The summed E-state index contributed by atoms with van der Waals surface area (Å²) in [6.45, 7) is 0.444. The lowest BCUT2D eigenvalue weighted by Crippen LogP contribution is -2.24. The van der Waals surface area contributed by atoms with Gasteiger partial charge in [0.05, 0.1) is 19.2 Å². The molecule has 3 aromatic rings. The molecule has 1 heterocycles. The number of hydrogen-bond donors (Lipinski definition) is 1. The fraction of sp³-hybridized carbons (Fsp3) is 0.158. The second-order valence-electron chi connectivity index (χ2n) is 5.35. The quantitative estimate of drug-likeness (QED) is 0.757. The third-order valence-electron chi connectivity index (χ3n) is 3.58. The van der Waals surface area contributed by atoms with Crippen LogP contribution in [0.15, 0.2) is 65.2 Å². The summed E-state index contributed by atoms with van der Waals surface area (Å²) in [7, 11) is 1.62. The molecule has 0 aliphatic rings. The molecule has 5 heteroatoms. The topological polar surface area (TPSA) is 64.4 Å². The Morgan fingerprint density at radius 3 is 2.75 bits per heavy atom. The number of methoxy groups -OCH3 is 1. The van der Waals surface area contributed by atoms with E-state index in [4.69, 9.17) is 9.26 Å². The van der Waals surface area contributed by atoms with E-state index in [0.29, 0.717) is 18.0 Å². The smallest absolute Gasteiger partial charge is 0.226 e. The van der Waals surface area contributed by atoms with Gasteiger partial charge in [-0.15, -0.1) is 0 Å². The molecule has 2 aromatic carbocycles. The van der Waals surface area contributed by atoms with Gasteiger partial charge in [0.2, 0.25) is 5.91 Å². The maximum absolute atomic E-state index is 12.1. The lowest BCUT2D eigenvalue weighted by Gasteiger charge is -2.06. The van der Waals surface area contributed by atoms with E-state index >= 15 is 0 Å². The molecule has 0 unspecified atom stereocenters. The van der Waals surface area contributed by atoms with E-state index in [0.717, 1.165) is 16.9 Å². The molecule has 0 atom stereocenters. The molecule has 1 aromatic heterocycles. The van der Waals surface area contributed by atoms with Gasteiger partial charge in [0, 0.05) is 18.2 Å². The molecule has 0 radical (unpaired) electrons. The zero-order valence-corrected chi connectivity index (χ0v) is 13.4. The normalized spacial score (nSPS) is 10.4. The molecule has 1 N–H and O–H groups in total. The monoisotopic (exact) mass is 322 g/mol. The highest BCUT2D eigenvalue weighted by atomic mass is 16.5. The largest absolute Gasteiger partial charge is 0.497 e. The zero-order valence-electron chi connectivity index (χ0n) is 13.4. The number of aromatic nitrogens is 1. The first kappa shape index (κ1) is 15.8. The summed E-state index contributed by atoms with van der Waals surface area (Å²) in [4.78, 5) is 12.1. The number of ether oxygens (including phenoxy) is 1. The summed E-state index contributed by atoms with van der Waals surface area (Å²) < 4.78 is 10.5. The Balaban J connectivity index is 1.56. The van der Waals surface area contributed by atoms with Crippen LogP contribution in [0.5, 0.6) is 5.75 Å². The van der Waals surface area contributed by atoms with Crippen molar-refractivity contribution >= 4 is 5.91 Å². The maximum Gasteiger partial charge on any atom is 0.226 e. The SMILES string of the molecule is COc1cccc(CNC(=O)Cc2cc(-c3ccccc3)on2)c1. The Bertz CT molecular complexity index is 812. The Labute approximate surface area is 140 Å². The Kier molecular flexibility index (Phi) is 4.91. The molecule has 0 spiro atoms. The second-order valence-corrected chi connectivity index (χ2v) is 5.35. The lowest BCUT2D eigenvalue weighted by atomic mass is 10.1. The summed E-state index contributed by atoms with van der Waals surface area (Å²) in [5, 5.41) is 6.83. The van der Waals surface area contributed by atoms with Crippen molar-refractivity contribution in [3.63, 3.8) is 0 Å². The number of hydrogen-bond acceptors (Lipinski definition) is 4. The van der Waals surface area contributed by atoms with Crippen molar-refractivity contribution in [2.75, 3.05) is 7.11 Å². The van der Waals surface area contributed by atoms with E-state index in [1.807, 2.05) is 54.6 Å². The van der Waals surface area contributed by atoms with Crippen LogP contribution in [-0.4, -0.2) is 18.2 Å². The van der Waals surface area contributed by atoms with Crippen LogP contribution in [0.25, 0.3) is 11.3 Å². The molecule has 122 valence electrons. The van der Waals surface area contributed by atoms with Crippen molar-refractivity contribution in [1.29, 1.82) is 0 Å². The van der Waals surface area contributed by atoms with Crippen LogP contribution in [0.4, 0.5) is 0 Å². The number of nitrogens with zero attached hydrogens (tertiary/aromatic N) is 1. The van der Waals surface area contributed by atoms with Gasteiger partial charge in [0.25, 0.3) is 0 Å². The van der Waals surface area contributed by atoms with Crippen LogP contribution < -0.4 is 10.1 Å². The van der Waals surface area contributed by atoms with Gasteiger partial charge in [-0.05, 0) is 17.7 Å². The van der Waals surface area contributed by atoms with Crippen LogP contribution in [0.1, 0.15) is 11.3 Å². The summed E-state index contributed by atoms with van der Waals surface area (Å²) in [6.07, 6.45) is 0.181. The molecule has 0 aliphatic carbocycles. The fourth-order valence-electron chi connectivity index (χ4n) is 2.34. The highest BCUT2D eigenvalue weighted by Gasteiger charge is 2.10. The number of carbonyl (C=O) groups is 1. The Morgan fingerprint density at radius 1 is 1.12 bits per heavy atom. The third-order valence-corrected chi connectivity index (χ3v) is 3.58. The van der Waals surface area contributed by atoms with E-state index in [9.17, 15) is 4.79 Å². The first-order valence-electron chi connectivity index (χ1n) is 7.65. The van der Waals surface area contributed by atoms with Crippen molar-refractivity contribution in [1.82, 2.24) is 10.5 Å². The predicted molar refractivity (Wildman–Crippen MR) is 90.5 cm³/mol. The first-order chi connectivity index (χ1) is 11.7. The van der Waals surface area contributed by atoms with Crippen molar-refractivity contribution in [2.45, 2.75) is 13.0 Å². The van der Waals surface area contributed by atoms with Gasteiger partial charge in [-0.1, -0.05) is 47.6 Å². The molecule has 24 heavy (non-hydrogen) atoms. The van der Waals surface area contributed by atoms with E-state index in [-0.39, 0.29) is 12.3 Å². The maximum atomic E-state index is 12.1. The zero-order chi connectivity index (χ0) is 16.8. The summed E-state index contributed by atoms with van der Waals surface area (Å²) in [5.74, 6) is 1.32. The minimum Gasteiger partial charge on any atom is -0.497 e. The average Bonchev–Trinajstić information content (AvgIpc) is 3.09. The molecular weight excluding hydrogens is 304 g/mol. The van der Waals surface area contributed by atoms with Crippen molar-refractivity contribution < 1.29 is 14.1 Å². The van der Waals surface area contributed by atoms with Crippen LogP contribution in [-0.2, 0) is 17.8 Å². The fourth-order valence-corrected chi connectivity index (χ4v) is 2.34.